The van der Waals surface area contributed by atoms with E-state index in [4.69, 9.17) is 4.98 Å². The second-order valence-corrected chi connectivity index (χ2v) is 8.52. The second kappa shape index (κ2) is 6.25. The number of fused-ring (bicyclic) bond motifs is 1. The molecule has 2 N–H and O–H groups in total. The van der Waals surface area contributed by atoms with Gasteiger partial charge in [0.2, 0.25) is 0 Å². The lowest BCUT2D eigenvalue weighted by atomic mass is 9.86. The average molecular weight is 429 g/mol. The highest BCUT2D eigenvalue weighted by molar-refractivity contribution is 9.10. The first-order valence-electron chi connectivity index (χ1n) is 9.14. The van der Waals surface area contributed by atoms with Crippen LogP contribution in [0.2, 0.25) is 0 Å². The lowest BCUT2D eigenvalue weighted by Crippen LogP contribution is -2.57. The molecule has 2 fully saturated rings. The van der Waals surface area contributed by atoms with Gasteiger partial charge in [-0.2, -0.15) is 0 Å². The number of halogens is 1. The maximum absolute atomic E-state index is 11.1. The quantitative estimate of drug-likeness (QED) is 0.607. The van der Waals surface area contributed by atoms with Crippen molar-refractivity contribution in [1.82, 2.24) is 24.3 Å². The van der Waals surface area contributed by atoms with Gasteiger partial charge < -0.3 is 14.8 Å². The number of aliphatic hydroxyl groups is 1. The Bertz CT molecular complexity index is 1010. The number of nitrogens with zero attached hydrogens (tertiary/aromatic N) is 5. The Hall–Kier alpha value is -2.03. The van der Waals surface area contributed by atoms with Crippen molar-refractivity contribution in [2.75, 3.05) is 25.5 Å². The minimum atomic E-state index is -0.811. The molecule has 3 aromatic heterocycles. The van der Waals surface area contributed by atoms with Crippen molar-refractivity contribution in [2.45, 2.75) is 30.9 Å². The highest BCUT2D eigenvalue weighted by atomic mass is 79.9. The van der Waals surface area contributed by atoms with E-state index in [1.54, 1.807) is 0 Å². The monoisotopic (exact) mass is 428 g/mol. The molecule has 7 nitrogen and oxygen atoms in total. The van der Waals surface area contributed by atoms with Crippen molar-refractivity contribution in [1.29, 1.82) is 0 Å². The van der Waals surface area contributed by atoms with Crippen molar-refractivity contribution < 1.29 is 5.11 Å². The van der Waals surface area contributed by atoms with Gasteiger partial charge in [-0.25, -0.2) is 15.0 Å². The predicted octanol–water partition coefficient (Wildman–Crippen LogP) is 2.51. The summed E-state index contributed by atoms with van der Waals surface area (Å²) in [6.07, 6.45) is 8.18. The zero-order chi connectivity index (χ0) is 18.6. The zero-order valence-electron chi connectivity index (χ0n) is 15.1. The van der Waals surface area contributed by atoms with Crippen molar-refractivity contribution in [3.8, 4) is 0 Å². The smallest absolute Gasteiger partial charge is 0.143 e. The van der Waals surface area contributed by atoms with Gasteiger partial charge in [0, 0.05) is 37.1 Å². The van der Waals surface area contributed by atoms with Gasteiger partial charge in [0.15, 0.2) is 0 Å². The van der Waals surface area contributed by atoms with Crippen LogP contribution in [0.3, 0.4) is 0 Å². The van der Waals surface area contributed by atoms with Crippen LogP contribution in [0.25, 0.3) is 5.65 Å². The molecule has 8 heteroatoms. The normalized spacial score (nSPS) is 19.2. The van der Waals surface area contributed by atoms with E-state index in [0.29, 0.717) is 25.6 Å². The Morgan fingerprint density at radius 3 is 2.78 bits per heavy atom. The lowest BCUT2D eigenvalue weighted by Gasteiger charge is -2.44. The topological polar surface area (TPSA) is 78.6 Å². The SMILES string of the molecule is CN1CC(O)(c2cc(C3CC3)cn3cc(CNc4cc(Br)ncn4)nc23)C1. The fraction of sp³-hybridized carbons (Fsp3) is 0.421. The highest BCUT2D eigenvalue weighted by Crippen LogP contribution is 2.42. The third-order valence-corrected chi connectivity index (χ3v) is 5.75. The van der Waals surface area contributed by atoms with E-state index in [0.717, 1.165) is 27.3 Å². The summed E-state index contributed by atoms with van der Waals surface area (Å²) in [7, 11) is 2.02. The number of hydrogen-bond acceptors (Lipinski definition) is 6. The summed E-state index contributed by atoms with van der Waals surface area (Å²) in [6.45, 7) is 1.85. The van der Waals surface area contributed by atoms with Gasteiger partial charge in [-0.3, -0.25) is 4.90 Å². The summed E-state index contributed by atoms with van der Waals surface area (Å²) >= 11 is 3.35. The second-order valence-electron chi connectivity index (χ2n) is 7.71. The Morgan fingerprint density at radius 2 is 2.07 bits per heavy atom. The molecule has 0 unspecified atom stereocenters. The minimum Gasteiger partial charge on any atom is -0.382 e. The molecule has 0 radical (unpaired) electrons. The number of aromatic nitrogens is 4. The molecule has 1 saturated carbocycles. The van der Waals surface area contributed by atoms with E-state index in [9.17, 15) is 5.11 Å². The molecule has 1 aliphatic heterocycles. The number of β-amino-alcohol motifs (C(OH)–C–C–N with tert-alkyl or cyclic N) is 1. The van der Waals surface area contributed by atoms with Crippen LogP contribution in [0.4, 0.5) is 5.82 Å². The third kappa shape index (κ3) is 3.22. The molecule has 0 bridgehead atoms. The summed E-state index contributed by atoms with van der Waals surface area (Å²) in [5.41, 5.74) is 3.19. The van der Waals surface area contributed by atoms with E-state index in [-0.39, 0.29) is 0 Å². The van der Waals surface area contributed by atoms with Gasteiger partial charge in [0.25, 0.3) is 0 Å². The molecule has 0 spiro atoms. The summed E-state index contributed by atoms with van der Waals surface area (Å²) in [6, 6.07) is 4.01. The van der Waals surface area contributed by atoms with Crippen LogP contribution in [-0.4, -0.2) is 49.5 Å². The van der Waals surface area contributed by atoms with Crippen LogP contribution < -0.4 is 5.32 Å². The molecule has 5 rings (SSSR count). The Labute approximate surface area is 165 Å². The predicted molar refractivity (Wildman–Crippen MR) is 106 cm³/mol. The standard InChI is InChI=1S/C19H21BrN6O/c1-25-9-19(27,10-25)15-4-13(12-2-3-12)7-26-8-14(24-18(15)26)6-21-17-5-16(20)22-11-23-17/h4-5,7-8,11-12,27H,2-3,6,9-10H2,1H3,(H,21,22,23). The molecule has 1 saturated heterocycles. The molecule has 140 valence electrons. The molecule has 4 heterocycles. The Balaban J connectivity index is 1.48. The first-order valence-corrected chi connectivity index (χ1v) is 9.94. The van der Waals surface area contributed by atoms with Gasteiger partial charge in [0.1, 0.15) is 28.0 Å². The third-order valence-electron chi connectivity index (χ3n) is 5.32. The van der Waals surface area contributed by atoms with E-state index in [1.165, 1.54) is 24.7 Å². The number of rotatable bonds is 5. The van der Waals surface area contributed by atoms with E-state index < -0.39 is 5.60 Å². The number of likely N-dealkylation sites (tertiary alicyclic amines) is 1. The van der Waals surface area contributed by atoms with Crippen LogP contribution >= 0.6 is 15.9 Å². The number of anilines is 1. The average Bonchev–Trinajstić information content (AvgIpc) is 3.37. The first-order chi connectivity index (χ1) is 13.0. The molecule has 1 aliphatic carbocycles. The first kappa shape index (κ1) is 17.1. The van der Waals surface area contributed by atoms with E-state index in [1.807, 2.05) is 19.3 Å². The lowest BCUT2D eigenvalue weighted by molar-refractivity contribution is -0.0911. The number of imidazole rings is 1. The Morgan fingerprint density at radius 1 is 1.26 bits per heavy atom. The summed E-state index contributed by atoms with van der Waals surface area (Å²) in [5, 5.41) is 14.4. The zero-order valence-corrected chi connectivity index (χ0v) is 16.6. The van der Waals surface area contributed by atoms with Crippen LogP contribution in [-0.2, 0) is 12.1 Å². The molecule has 0 aromatic carbocycles. The molecule has 27 heavy (non-hydrogen) atoms. The van der Waals surface area contributed by atoms with Crippen molar-refractivity contribution in [2.24, 2.45) is 0 Å². The van der Waals surface area contributed by atoms with Crippen LogP contribution in [0.5, 0.6) is 0 Å². The molecule has 0 atom stereocenters. The van der Waals surface area contributed by atoms with Gasteiger partial charge in [-0.1, -0.05) is 0 Å². The van der Waals surface area contributed by atoms with Crippen LogP contribution in [0.15, 0.2) is 35.5 Å². The maximum atomic E-state index is 11.1. The molecular weight excluding hydrogens is 408 g/mol. The highest BCUT2D eigenvalue weighted by Gasteiger charge is 2.43. The largest absolute Gasteiger partial charge is 0.382 e. The van der Waals surface area contributed by atoms with Gasteiger partial charge in [-0.15, -0.1) is 0 Å². The molecule has 0 amide bonds. The van der Waals surface area contributed by atoms with Crippen LogP contribution in [0.1, 0.15) is 35.6 Å². The maximum Gasteiger partial charge on any atom is 0.143 e. The number of pyridine rings is 1. The summed E-state index contributed by atoms with van der Waals surface area (Å²) in [5.74, 6) is 1.36. The van der Waals surface area contributed by atoms with E-state index in [2.05, 4.69) is 52.8 Å². The van der Waals surface area contributed by atoms with Crippen molar-refractivity contribution >= 4 is 27.4 Å². The summed E-state index contributed by atoms with van der Waals surface area (Å²) in [4.78, 5) is 15.2. The molecular formula is C19H21BrN6O. The van der Waals surface area contributed by atoms with Crippen molar-refractivity contribution in [3.05, 3.63) is 52.3 Å². The number of hydrogen-bond donors (Lipinski definition) is 2. The Kier molecular flexibility index (Phi) is 3.96. The number of likely N-dealkylation sites (N-methyl/N-ethyl adjacent to an activating group) is 1. The fourth-order valence-corrected chi connectivity index (χ4v) is 4.18. The van der Waals surface area contributed by atoms with Gasteiger partial charge in [-0.05, 0) is 53.4 Å². The van der Waals surface area contributed by atoms with Crippen molar-refractivity contribution in [3.63, 3.8) is 0 Å². The van der Waals surface area contributed by atoms with Gasteiger partial charge in [0.05, 0.1) is 12.2 Å². The number of nitrogens with one attached hydrogen (secondary N) is 1. The van der Waals surface area contributed by atoms with Crippen LogP contribution in [0, 0.1) is 0 Å². The molecule has 3 aromatic rings. The molecule has 2 aliphatic rings. The minimum absolute atomic E-state index is 0.557. The van der Waals surface area contributed by atoms with Gasteiger partial charge >= 0.3 is 0 Å². The summed E-state index contributed by atoms with van der Waals surface area (Å²) < 4.78 is 2.81. The fourth-order valence-electron chi connectivity index (χ4n) is 3.87. The van der Waals surface area contributed by atoms with E-state index >= 15 is 0 Å².